The van der Waals surface area contributed by atoms with Crippen molar-refractivity contribution in [3.05, 3.63) is 57.8 Å². The molecule has 0 spiro atoms. The van der Waals surface area contributed by atoms with Crippen LogP contribution in [0.2, 0.25) is 5.02 Å². The zero-order chi connectivity index (χ0) is 15.6. The van der Waals surface area contributed by atoms with Crippen LogP contribution in [0.4, 0.5) is 4.39 Å². The summed E-state index contributed by atoms with van der Waals surface area (Å²) >= 11 is 5.78. The molecule has 1 aromatic carbocycles. The molecule has 0 bridgehead atoms. The minimum Gasteiger partial charge on any atom is -0.478 e. The standard InChI is InChI=1S/C14H11ClFNO4/c1-7-9(14(19)20)5-8(21-7)6-17-13(18)12-10(15)3-2-4-11(12)16/h2-5H,6H2,1H3,(H,17,18)(H,19,20). The molecule has 0 aliphatic heterocycles. The Morgan fingerprint density at radius 2 is 2.14 bits per heavy atom. The molecular formula is C14H11ClFNO4. The van der Waals surface area contributed by atoms with E-state index >= 15 is 0 Å². The van der Waals surface area contributed by atoms with Crippen molar-refractivity contribution >= 4 is 23.5 Å². The number of amides is 1. The Morgan fingerprint density at radius 3 is 2.71 bits per heavy atom. The Hall–Kier alpha value is -2.34. The van der Waals surface area contributed by atoms with Crippen LogP contribution < -0.4 is 5.32 Å². The fourth-order valence-corrected chi connectivity index (χ4v) is 2.06. The van der Waals surface area contributed by atoms with E-state index in [9.17, 15) is 14.0 Å². The number of carbonyl (C=O) groups is 2. The number of hydrogen-bond acceptors (Lipinski definition) is 3. The molecule has 7 heteroatoms. The van der Waals surface area contributed by atoms with Crippen molar-refractivity contribution in [1.82, 2.24) is 5.32 Å². The van der Waals surface area contributed by atoms with Crippen LogP contribution in [0, 0.1) is 12.7 Å². The molecule has 1 aromatic heterocycles. The van der Waals surface area contributed by atoms with E-state index in [0.717, 1.165) is 6.07 Å². The number of halogens is 2. The molecule has 21 heavy (non-hydrogen) atoms. The van der Waals surface area contributed by atoms with Gasteiger partial charge < -0.3 is 14.8 Å². The smallest absolute Gasteiger partial charge is 0.339 e. The lowest BCUT2D eigenvalue weighted by atomic mass is 10.2. The van der Waals surface area contributed by atoms with Crippen LogP contribution in [0.25, 0.3) is 0 Å². The van der Waals surface area contributed by atoms with E-state index in [1.165, 1.54) is 25.1 Å². The molecule has 0 fully saturated rings. The summed E-state index contributed by atoms with van der Waals surface area (Å²) in [6.07, 6.45) is 0. The largest absolute Gasteiger partial charge is 0.478 e. The molecule has 0 atom stereocenters. The van der Waals surface area contributed by atoms with E-state index in [1.54, 1.807) is 0 Å². The lowest BCUT2D eigenvalue weighted by molar-refractivity contribution is 0.0694. The highest BCUT2D eigenvalue weighted by atomic mass is 35.5. The van der Waals surface area contributed by atoms with Crippen LogP contribution in [0.5, 0.6) is 0 Å². The van der Waals surface area contributed by atoms with Gasteiger partial charge in [-0.1, -0.05) is 17.7 Å². The number of aromatic carboxylic acids is 1. The van der Waals surface area contributed by atoms with Crippen LogP contribution in [0.15, 0.2) is 28.7 Å². The van der Waals surface area contributed by atoms with E-state index < -0.39 is 17.7 Å². The van der Waals surface area contributed by atoms with Gasteiger partial charge in [0.1, 0.15) is 22.9 Å². The quantitative estimate of drug-likeness (QED) is 0.909. The summed E-state index contributed by atoms with van der Waals surface area (Å²) in [5, 5.41) is 11.3. The van der Waals surface area contributed by atoms with E-state index in [-0.39, 0.29) is 34.2 Å². The Balaban J connectivity index is 2.11. The van der Waals surface area contributed by atoms with Gasteiger partial charge in [0.05, 0.1) is 17.1 Å². The number of carbonyl (C=O) groups excluding carboxylic acids is 1. The molecule has 2 N–H and O–H groups in total. The summed E-state index contributed by atoms with van der Waals surface area (Å²) in [6.45, 7) is 1.43. The van der Waals surface area contributed by atoms with Crippen LogP contribution >= 0.6 is 11.6 Å². The maximum absolute atomic E-state index is 13.6. The average Bonchev–Trinajstić information content (AvgIpc) is 2.77. The normalized spacial score (nSPS) is 10.4. The maximum atomic E-state index is 13.6. The van der Waals surface area contributed by atoms with Crippen molar-refractivity contribution in [2.24, 2.45) is 0 Å². The first-order chi connectivity index (χ1) is 9.90. The summed E-state index contributed by atoms with van der Waals surface area (Å²) in [7, 11) is 0. The third-order valence-electron chi connectivity index (χ3n) is 2.81. The van der Waals surface area contributed by atoms with Gasteiger partial charge in [-0.2, -0.15) is 0 Å². The summed E-state index contributed by atoms with van der Waals surface area (Å²) in [5.74, 6) is -2.07. The lowest BCUT2D eigenvalue weighted by Crippen LogP contribution is -2.24. The molecule has 0 saturated carbocycles. The van der Waals surface area contributed by atoms with Crippen molar-refractivity contribution in [3.63, 3.8) is 0 Å². The first kappa shape index (κ1) is 15.1. The Labute approximate surface area is 124 Å². The van der Waals surface area contributed by atoms with Gasteiger partial charge in [0.2, 0.25) is 0 Å². The predicted molar refractivity (Wildman–Crippen MR) is 73.0 cm³/mol. The molecule has 1 amide bonds. The molecule has 1 heterocycles. The Morgan fingerprint density at radius 1 is 1.43 bits per heavy atom. The second-order valence-electron chi connectivity index (χ2n) is 4.27. The second kappa shape index (κ2) is 5.97. The van der Waals surface area contributed by atoms with E-state index in [4.69, 9.17) is 21.1 Å². The predicted octanol–water partition coefficient (Wildman–Crippen LogP) is 3.01. The molecule has 0 aliphatic carbocycles. The van der Waals surface area contributed by atoms with Gasteiger partial charge in [-0.05, 0) is 25.1 Å². The number of furan rings is 1. The van der Waals surface area contributed by atoms with E-state index in [2.05, 4.69) is 5.32 Å². The highest BCUT2D eigenvalue weighted by Crippen LogP contribution is 2.19. The third kappa shape index (κ3) is 3.22. The van der Waals surface area contributed by atoms with Gasteiger partial charge in [0.15, 0.2) is 0 Å². The van der Waals surface area contributed by atoms with Gasteiger partial charge in [-0.3, -0.25) is 4.79 Å². The van der Waals surface area contributed by atoms with Gasteiger partial charge >= 0.3 is 5.97 Å². The second-order valence-corrected chi connectivity index (χ2v) is 4.67. The molecular weight excluding hydrogens is 301 g/mol. The highest BCUT2D eigenvalue weighted by molar-refractivity contribution is 6.33. The fraction of sp³-hybridized carbons (Fsp3) is 0.143. The van der Waals surface area contributed by atoms with Gasteiger partial charge in [-0.25, -0.2) is 9.18 Å². The number of aryl methyl sites for hydroxylation is 1. The van der Waals surface area contributed by atoms with Gasteiger partial charge in [-0.15, -0.1) is 0 Å². The number of rotatable bonds is 4. The van der Waals surface area contributed by atoms with Crippen LogP contribution in [-0.2, 0) is 6.54 Å². The van der Waals surface area contributed by atoms with Crippen molar-refractivity contribution in [2.75, 3.05) is 0 Å². The van der Waals surface area contributed by atoms with Crippen LogP contribution in [0.3, 0.4) is 0 Å². The minimum atomic E-state index is -1.12. The topological polar surface area (TPSA) is 79.5 Å². The first-order valence-corrected chi connectivity index (χ1v) is 6.32. The minimum absolute atomic E-state index is 0.00523. The zero-order valence-corrected chi connectivity index (χ0v) is 11.7. The summed E-state index contributed by atoms with van der Waals surface area (Å²) < 4.78 is 18.8. The van der Waals surface area contributed by atoms with Crippen molar-refractivity contribution in [3.8, 4) is 0 Å². The number of hydrogen-bond donors (Lipinski definition) is 2. The number of carboxylic acids is 1. The molecule has 0 radical (unpaired) electrons. The molecule has 5 nitrogen and oxygen atoms in total. The van der Waals surface area contributed by atoms with E-state index in [0.29, 0.717) is 0 Å². The molecule has 0 aliphatic rings. The first-order valence-electron chi connectivity index (χ1n) is 5.95. The molecule has 2 rings (SSSR count). The summed E-state index contributed by atoms with van der Waals surface area (Å²) in [4.78, 5) is 22.8. The van der Waals surface area contributed by atoms with Crippen LogP contribution in [0.1, 0.15) is 32.2 Å². The molecule has 0 unspecified atom stereocenters. The van der Waals surface area contributed by atoms with E-state index in [1.807, 2.05) is 0 Å². The SMILES string of the molecule is Cc1oc(CNC(=O)c2c(F)cccc2Cl)cc1C(=O)O. The lowest BCUT2D eigenvalue weighted by Gasteiger charge is -2.06. The average molecular weight is 312 g/mol. The third-order valence-corrected chi connectivity index (χ3v) is 3.13. The van der Waals surface area contributed by atoms with Crippen LogP contribution in [-0.4, -0.2) is 17.0 Å². The zero-order valence-electron chi connectivity index (χ0n) is 10.9. The molecule has 2 aromatic rings. The summed E-state index contributed by atoms with van der Waals surface area (Å²) in [5.41, 5.74) is -0.246. The number of nitrogens with one attached hydrogen (secondary N) is 1. The summed E-state index contributed by atoms with van der Waals surface area (Å²) in [6, 6.07) is 5.23. The highest BCUT2D eigenvalue weighted by Gasteiger charge is 2.17. The van der Waals surface area contributed by atoms with Crippen molar-refractivity contribution in [1.29, 1.82) is 0 Å². The fourth-order valence-electron chi connectivity index (χ4n) is 1.81. The number of benzene rings is 1. The van der Waals surface area contributed by atoms with Crippen molar-refractivity contribution in [2.45, 2.75) is 13.5 Å². The monoisotopic (exact) mass is 311 g/mol. The van der Waals surface area contributed by atoms with Gasteiger partial charge in [0, 0.05) is 0 Å². The Kier molecular flexibility index (Phi) is 4.28. The Bertz CT molecular complexity index is 691. The van der Waals surface area contributed by atoms with Crippen molar-refractivity contribution < 1.29 is 23.5 Å². The number of carboxylic acid groups (broad SMARTS) is 1. The molecule has 110 valence electrons. The molecule has 0 saturated heterocycles. The maximum Gasteiger partial charge on any atom is 0.339 e. The van der Waals surface area contributed by atoms with Gasteiger partial charge in [0.25, 0.3) is 5.91 Å².